The first-order valence-electron chi connectivity index (χ1n) is 2.45. The molecule has 52 valence electrons. The molecule has 4 N–H and O–H groups in total. The fourth-order valence-electron chi connectivity index (χ4n) is 0.397. The molecule has 0 radical (unpaired) electrons. The molecule has 10 heavy (non-hydrogen) atoms. The largest absolute Gasteiger partial charge is 0.366 e. The fourth-order valence-corrected chi connectivity index (χ4v) is 0.397. The van der Waals surface area contributed by atoms with E-state index in [4.69, 9.17) is 11.5 Å². The lowest BCUT2D eigenvalue weighted by molar-refractivity contribution is 0.0994. The van der Waals surface area contributed by atoms with E-state index in [9.17, 15) is 4.79 Å². The second kappa shape index (κ2) is 2.26. The third kappa shape index (κ3) is 1.16. The number of nitrogen functional groups attached to an aromatic ring is 1. The van der Waals surface area contributed by atoms with Crippen LogP contribution >= 0.6 is 0 Å². The van der Waals surface area contributed by atoms with Crippen molar-refractivity contribution in [3.63, 3.8) is 0 Å². The van der Waals surface area contributed by atoms with Crippen LogP contribution in [-0.4, -0.2) is 21.1 Å². The monoisotopic (exact) mass is 139 g/mol. The minimum Gasteiger partial charge on any atom is -0.366 e. The molecule has 0 atom stereocenters. The van der Waals surface area contributed by atoms with Gasteiger partial charge in [-0.05, 0) is 0 Å². The van der Waals surface area contributed by atoms with E-state index < -0.39 is 5.91 Å². The number of rotatable bonds is 1. The maximum absolute atomic E-state index is 10.4. The van der Waals surface area contributed by atoms with E-state index in [0.29, 0.717) is 0 Å². The number of primary amides is 1. The zero-order valence-electron chi connectivity index (χ0n) is 4.98. The lowest BCUT2D eigenvalue weighted by atomic mass is 10.5. The number of anilines is 1. The van der Waals surface area contributed by atoms with E-state index >= 15 is 0 Å². The topological polar surface area (TPSA) is 108 Å². The molecule has 1 rings (SSSR count). The Balaban J connectivity index is 3.00. The maximum Gasteiger partial charge on any atom is 0.270 e. The van der Waals surface area contributed by atoms with Crippen LogP contribution in [0.3, 0.4) is 0 Å². The van der Waals surface area contributed by atoms with E-state index in [1.807, 2.05) is 0 Å². The molecule has 0 fully saturated rings. The Bertz CT molecular complexity index is 242. The van der Waals surface area contributed by atoms with Crippen LogP contribution in [0, 0.1) is 0 Å². The molecule has 6 heteroatoms. The molecule has 0 saturated heterocycles. The molecule has 1 aromatic rings. The Morgan fingerprint density at radius 3 is 2.60 bits per heavy atom. The summed E-state index contributed by atoms with van der Waals surface area (Å²) in [7, 11) is 0. The van der Waals surface area contributed by atoms with Crippen LogP contribution < -0.4 is 11.5 Å². The number of hydrogen-bond acceptors (Lipinski definition) is 5. The van der Waals surface area contributed by atoms with Crippen molar-refractivity contribution < 1.29 is 4.79 Å². The molecular weight excluding hydrogens is 134 g/mol. The van der Waals surface area contributed by atoms with Crippen molar-refractivity contribution in [2.75, 3.05) is 5.73 Å². The highest BCUT2D eigenvalue weighted by molar-refractivity contribution is 5.90. The number of nitrogens with zero attached hydrogens (tertiary/aromatic N) is 3. The third-order valence-corrected chi connectivity index (χ3v) is 0.832. The Hall–Kier alpha value is -1.72. The Labute approximate surface area is 56.3 Å². The smallest absolute Gasteiger partial charge is 0.270 e. The lowest BCUT2D eigenvalue weighted by Crippen LogP contribution is -2.14. The van der Waals surface area contributed by atoms with Gasteiger partial charge in [0.25, 0.3) is 5.91 Å². The predicted octanol–water partition coefficient (Wildman–Crippen LogP) is -1.45. The molecule has 6 nitrogen and oxygen atoms in total. The summed E-state index contributed by atoms with van der Waals surface area (Å²) >= 11 is 0. The van der Waals surface area contributed by atoms with Crippen molar-refractivity contribution in [2.45, 2.75) is 0 Å². The zero-order chi connectivity index (χ0) is 7.56. The third-order valence-electron chi connectivity index (χ3n) is 0.832. The highest BCUT2D eigenvalue weighted by Gasteiger charge is 2.01. The van der Waals surface area contributed by atoms with E-state index in [-0.39, 0.29) is 11.6 Å². The van der Waals surface area contributed by atoms with E-state index in [0.717, 1.165) is 0 Å². The summed E-state index contributed by atoms with van der Waals surface area (Å²) in [5.41, 5.74) is 9.94. The summed E-state index contributed by atoms with van der Waals surface area (Å²) in [6.45, 7) is 0. The molecule has 1 aromatic heterocycles. The predicted molar refractivity (Wildman–Crippen MR) is 32.8 cm³/mol. The average Bonchev–Trinajstić information content (AvgIpc) is 1.88. The number of amides is 1. The molecule has 0 aromatic carbocycles. The number of hydrogen-bond donors (Lipinski definition) is 2. The minimum absolute atomic E-state index is 0.00852. The van der Waals surface area contributed by atoms with Crippen molar-refractivity contribution in [3.05, 3.63) is 11.9 Å². The van der Waals surface area contributed by atoms with Crippen molar-refractivity contribution in [1.29, 1.82) is 0 Å². The van der Waals surface area contributed by atoms with Gasteiger partial charge >= 0.3 is 0 Å². The van der Waals surface area contributed by atoms with Crippen molar-refractivity contribution in [3.8, 4) is 0 Å². The van der Waals surface area contributed by atoms with Gasteiger partial charge in [0.15, 0.2) is 5.69 Å². The summed E-state index contributed by atoms with van der Waals surface area (Å²) in [5, 5.41) is 6.68. The van der Waals surface area contributed by atoms with Gasteiger partial charge in [0.1, 0.15) is 0 Å². The van der Waals surface area contributed by atoms with Gasteiger partial charge in [0.05, 0.1) is 6.20 Å². The van der Waals surface area contributed by atoms with Crippen LogP contribution in [0.2, 0.25) is 0 Å². The van der Waals surface area contributed by atoms with Crippen LogP contribution in [-0.2, 0) is 0 Å². The second-order valence-electron chi connectivity index (χ2n) is 1.57. The molecular formula is C4H5N5O. The van der Waals surface area contributed by atoms with Gasteiger partial charge in [0.2, 0.25) is 5.95 Å². The Morgan fingerprint density at radius 2 is 2.20 bits per heavy atom. The van der Waals surface area contributed by atoms with Crippen LogP contribution in [0.1, 0.15) is 10.5 Å². The molecule has 0 saturated carbocycles. The highest BCUT2D eigenvalue weighted by Crippen LogP contribution is 1.88. The Kier molecular flexibility index (Phi) is 1.44. The van der Waals surface area contributed by atoms with Crippen molar-refractivity contribution in [2.24, 2.45) is 5.73 Å². The summed E-state index contributed by atoms with van der Waals surface area (Å²) in [6.07, 6.45) is 1.17. The lowest BCUT2D eigenvalue weighted by Gasteiger charge is -1.90. The summed E-state index contributed by atoms with van der Waals surface area (Å²) in [5.74, 6) is -0.648. The molecule has 0 unspecified atom stereocenters. The summed E-state index contributed by atoms with van der Waals surface area (Å²) in [6, 6.07) is 0. The maximum atomic E-state index is 10.4. The van der Waals surface area contributed by atoms with Crippen LogP contribution in [0.25, 0.3) is 0 Å². The van der Waals surface area contributed by atoms with Crippen LogP contribution in [0.5, 0.6) is 0 Å². The number of aromatic nitrogens is 3. The zero-order valence-corrected chi connectivity index (χ0v) is 4.98. The fraction of sp³-hybridized carbons (Fsp3) is 0. The first kappa shape index (κ1) is 6.40. The van der Waals surface area contributed by atoms with Gasteiger partial charge in [-0.15, -0.1) is 10.2 Å². The normalized spacial score (nSPS) is 9.20. The summed E-state index contributed by atoms with van der Waals surface area (Å²) < 4.78 is 0. The van der Waals surface area contributed by atoms with Crippen LogP contribution in [0.4, 0.5) is 5.95 Å². The first-order chi connectivity index (χ1) is 4.70. The van der Waals surface area contributed by atoms with Gasteiger partial charge in [-0.1, -0.05) is 0 Å². The van der Waals surface area contributed by atoms with Gasteiger partial charge < -0.3 is 11.5 Å². The molecule has 0 aliphatic carbocycles. The SMILES string of the molecule is NC(=O)c1cnc(N)nn1. The Morgan fingerprint density at radius 1 is 1.50 bits per heavy atom. The second-order valence-corrected chi connectivity index (χ2v) is 1.57. The highest BCUT2D eigenvalue weighted by atomic mass is 16.1. The van der Waals surface area contributed by atoms with Gasteiger partial charge in [0, 0.05) is 0 Å². The van der Waals surface area contributed by atoms with Crippen molar-refractivity contribution in [1.82, 2.24) is 15.2 Å². The molecule has 0 aliphatic rings. The molecule has 0 bridgehead atoms. The first-order valence-corrected chi connectivity index (χ1v) is 2.45. The van der Waals surface area contributed by atoms with E-state index in [1.54, 1.807) is 0 Å². The van der Waals surface area contributed by atoms with Crippen molar-refractivity contribution >= 4 is 11.9 Å². The standard InChI is InChI=1S/C4H5N5O/c5-3(10)2-1-7-4(6)9-8-2/h1H,(H2,5,10)(H2,6,7,9). The quantitative estimate of drug-likeness (QED) is 0.495. The van der Waals surface area contributed by atoms with Gasteiger partial charge in [-0.2, -0.15) is 0 Å². The number of carbonyl (C=O) groups excluding carboxylic acids is 1. The average molecular weight is 139 g/mol. The minimum atomic E-state index is -0.667. The van der Waals surface area contributed by atoms with Gasteiger partial charge in [-0.25, -0.2) is 4.98 Å². The number of nitrogens with two attached hydrogens (primary N) is 2. The molecule has 0 spiro atoms. The number of carbonyl (C=O) groups is 1. The molecule has 1 amide bonds. The van der Waals surface area contributed by atoms with E-state index in [1.165, 1.54) is 6.20 Å². The van der Waals surface area contributed by atoms with E-state index in [2.05, 4.69) is 15.2 Å². The molecule has 0 aliphatic heterocycles. The van der Waals surface area contributed by atoms with Crippen LogP contribution in [0.15, 0.2) is 6.20 Å². The van der Waals surface area contributed by atoms with Gasteiger partial charge in [-0.3, -0.25) is 4.79 Å². The molecule has 1 heterocycles. The summed E-state index contributed by atoms with van der Waals surface area (Å²) in [4.78, 5) is 13.9.